The van der Waals surface area contributed by atoms with E-state index in [4.69, 9.17) is 10.5 Å². The Hall–Kier alpha value is -1.06. The van der Waals surface area contributed by atoms with Gasteiger partial charge in [-0.15, -0.1) is 0 Å². The van der Waals surface area contributed by atoms with E-state index >= 15 is 0 Å². The van der Waals surface area contributed by atoms with E-state index in [1.165, 1.54) is 0 Å². The molecule has 1 amide bonds. The molecule has 2 N–H and O–H groups in total. The third kappa shape index (κ3) is 9.85. The Kier molecular flexibility index (Phi) is 6.85. The van der Waals surface area contributed by atoms with E-state index in [1.807, 2.05) is 20.8 Å². The average Bonchev–Trinajstić information content (AvgIpc) is 2.09. The molecule has 0 aromatic carbocycles. The fourth-order valence-electron chi connectivity index (χ4n) is 1.67. The molecule has 4 nitrogen and oxygen atoms in total. The largest absolute Gasteiger partial charge is 0.460 e. The molecular formula is C13H25NO3. The van der Waals surface area contributed by atoms with Crippen molar-refractivity contribution in [3.63, 3.8) is 0 Å². The van der Waals surface area contributed by atoms with Gasteiger partial charge in [-0.2, -0.15) is 0 Å². The first-order chi connectivity index (χ1) is 7.74. The van der Waals surface area contributed by atoms with Gasteiger partial charge in [0.15, 0.2) is 0 Å². The van der Waals surface area contributed by atoms with Crippen LogP contribution in [-0.2, 0) is 14.3 Å². The summed E-state index contributed by atoms with van der Waals surface area (Å²) in [5.74, 6) is -0.586. The van der Waals surface area contributed by atoms with Crippen molar-refractivity contribution < 1.29 is 14.3 Å². The van der Waals surface area contributed by atoms with E-state index in [9.17, 15) is 9.59 Å². The summed E-state index contributed by atoms with van der Waals surface area (Å²) in [5, 5.41) is 0. The van der Waals surface area contributed by atoms with E-state index in [2.05, 4.69) is 6.92 Å². The molecule has 1 atom stereocenters. The second-order valence-electron chi connectivity index (χ2n) is 5.47. The van der Waals surface area contributed by atoms with Crippen molar-refractivity contribution in [1.82, 2.24) is 0 Å². The minimum absolute atomic E-state index is 0.0160. The van der Waals surface area contributed by atoms with Gasteiger partial charge in [0.1, 0.15) is 5.60 Å². The first kappa shape index (κ1) is 15.9. The van der Waals surface area contributed by atoms with Crippen molar-refractivity contribution in [1.29, 1.82) is 0 Å². The van der Waals surface area contributed by atoms with Crippen LogP contribution in [0.1, 0.15) is 59.8 Å². The van der Waals surface area contributed by atoms with Crippen LogP contribution in [0.4, 0.5) is 0 Å². The second-order valence-corrected chi connectivity index (χ2v) is 5.47. The third-order valence-corrected chi connectivity index (χ3v) is 2.33. The van der Waals surface area contributed by atoms with Gasteiger partial charge in [0.2, 0.25) is 5.91 Å². The summed E-state index contributed by atoms with van der Waals surface area (Å²) in [6.07, 6.45) is 3.43. The molecule has 0 radical (unpaired) electrons. The van der Waals surface area contributed by atoms with Gasteiger partial charge in [-0.1, -0.05) is 19.8 Å². The summed E-state index contributed by atoms with van der Waals surface area (Å²) in [6.45, 7) is 7.58. The fraction of sp³-hybridized carbons (Fsp3) is 0.846. The highest BCUT2D eigenvalue weighted by atomic mass is 16.6. The van der Waals surface area contributed by atoms with E-state index in [1.54, 1.807) is 0 Å². The molecule has 100 valence electrons. The third-order valence-electron chi connectivity index (χ3n) is 2.33. The second kappa shape index (κ2) is 7.30. The first-order valence-electron chi connectivity index (χ1n) is 6.24. The number of rotatable bonds is 7. The van der Waals surface area contributed by atoms with Crippen LogP contribution in [0, 0.1) is 5.92 Å². The standard InChI is InChI=1S/C13H25NO3/c1-5-6-7-10(8-11(14)15)9-12(16)17-13(2,3)4/h10H,5-9H2,1-4H3,(H2,14,15). The van der Waals surface area contributed by atoms with E-state index in [-0.39, 0.29) is 30.6 Å². The van der Waals surface area contributed by atoms with Crippen molar-refractivity contribution in [3.8, 4) is 0 Å². The Morgan fingerprint density at radius 3 is 2.24 bits per heavy atom. The Labute approximate surface area is 104 Å². The minimum atomic E-state index is -0.473. The number of amides is 1. The zero-order valence-electron chi connectivity index (χ0n) is 11.4. The SMILES string of the molecule is CCCCC(CC(N)=O)CC(=O)OC(C)(C)C. The highest BCUT2D eigenvalue weighted by Crippen LogP contribution is 2.19. The summed E-state index contributed by atoms with van der Waals surface area (Å²) in [5.41, 5.74) is 4.70. The lowest BCUT2D eigenvalue weighted by molar-refractivity contribution is -0.156. The highest BCUT2D eigenvalue weighted by Gasteiger charge is 2.21. The number of hydrogen-bond acceptors (Lipinski definition) is 3. The number of carbonyl (C=O) groups excluding carboxylic acids is 2. The fourth-order valence-corrected chi connectivity index (χ4v) is 1.67. The predicted molar refractivity (Wildman–Crippen MR) is 67.3 cm³/mol. The summed E-state index contributed by atoms with van der Waals surface area (Å²) >= 11 is 0. The summed E-state index contributed by atoms with van der Waals surface area (Å²) in [4.78, 5) is 22.5. The topological polar surface area (TPSA) is 69.4 Å². The lowest BCUT2D eigenvalue weighted by atomic mass is 9.94. The maximum absolute atomic E-state index is 11.6. The maximum Gasteiger partial charge on any atom is 0.306 e. The lowest BCUT2D eigenvalue weighted by Gasteiger charge is -2.21. The molecule has 0 heterocycles. The number of ether oxygens (including phenoxy) is 1. The van der Waals surface area contributed by atoms with Crippen LogP contribution in [0.5, 0.6) is 0 Å². The lowest BCUT2D eigenvalue weighted by Crippen LogP contribution is -2.26. The molecule has 0 fully saturated rings. The van der Waals surface area contributed by atoms with Crippen molar-refractivity contribution in [2.24, 2.45) is 11.7 Å². The molecule has 0 rings (SSSR count). The van der Waals surface area contributed by atoms with Gasteiger partial charge in [-0.3, -0.25) is 9.59 Å². The number of carbonyl (C=O) groups is 2. The zero-order chi connectivity index (χ0) is 13.5. The number of unbranched alkanes of at least 4 members (excludes halogenated alkanes) is 1. The Morgan fingerprint density at radius 2 is 1.82 bits per heavy atom. The van der Waals surface area contributed by atoms with E-state index in [0.717, 1.165) is 19.3 Å². The van der Waals surface area contributed by atoms with Crippen molar-refractivity contribution in [2.75, 3.05) is 0 Å². The van der Waals surface area contributed by atoms with Gasteiger partial charge in [-0.05, 0) is 33.1 Å². The number of hydrogen-bond donors (Lipinski definition) is 1. The molecule has 0 spiro atoms. The van der Waals surface area contributed by atoms with Crippen LogP contribution in [-0.4, -0.2) is 17.5 Å². The molecule has 0 bridgehead atoms. The molecule has 0 aliphatic carbocycles. The Bertz CT molecular complexity index is 256. The van der Waals surface area contributed by atoms with Crippen LogP contribution in [0.15, 0.2) is 0 Å². The molecular weight excluding hydrogens is 218 g/mol. The van der Waals surface area contributed by atoms with Crippen LogP contribution in [0.3, 0.4) is 0 Å². The van der Waals surface area contributed by atoms with E-state index in [0.29, 0.717) is 0 Å². The average molecular weight is 243 g/mol. The molecule has 0 aliphatic heterocycles. The molecule has 0 aliphatic rings. The quantitative estimate of drug-likeness (QED) is 0.698. The Morgan fingerprint density at radius 1 is 1.24 bits per heavy atom. The van der Waals surface area contributed by atoms with Crippen molar-refractivity contribution in [2.45, 2.75) is 65.4 Å². The Balaban J connectivity index is 4.21. The minimum Gasteiger partial charge on any atom is -0.460 e. The van der Waals surface area contributed by atoms with Gasteiger partial charge < -0.3 is 10.5 Å². The summed E-state index contributed by atoms with van der Waals surface area (Å²) < 4.78 is 5.24. The summed E-state index contributed by atoms with van der Waals surface area (Å²) in [6, 6.07) is 0. The van der Waals surface area contributed by atoms with Crippen LogP contribution in [0.2, 0.25) is 0 Å². The van der Waals surface area contributed by atoms with Gasteiger partial charge in [0.25, 0.3) is 0 Å². The number of nitrogens with two attached hydrogens (primary N) is 1. The predicted octanol–water partition coefficient (Wildman–Crippen LogP) is 2.40. The molecule has 1 unspecified atom stereocenters. The molecule has 0 saturated heterocycles. The van der Waals surface area contributed by atoms with Crippen LogP contribution < -0.4 is 5.73 Å². The van der Waals surface area contributed by atoms with Gasteiger partial charge in [-0.25, -0.2) is 0 Å². The normalized spacial score (nSPS) is 13.2. The monoisotopic (exact) mass is 243 g/mol. The zero-order valence-corrected chi connectivity index (χ0v) is 11.4. The van der Waals surface area contributed by atoms with Crippen LogP contribution in [0.25, 0.3) is 0 Å². The maximum atomic E-state index is 11.6. The molecule has 4 heteroatoms. The highest BCUT2D eigenvalue weighted by molar-refractivity contribution is 5.76. The smallest absolute Gasteiger partial charge is 0.306 e. The summed E-state index contributed by atoms with van der Waals surface area (Å²) in [7, 11) is 0. The molecule has 17 heavy (non-hydrogen) atoms. The van der Waals surface area contributed by atoms with E-state index < -0.39 is 5.60 Å². The molecule has 0 saturated carbocycles. The van der Waals surface area contributed by atoms with Gasteiger partial charge in [0, 0.05) is 12.8 Å². The number of esters is 1. The van der Waals surface area contributed by atoms with Crippen molar-refractivity contribution >= 4 is 11.9 Å². The number of primary amides is 1. The van der Waals surface area contributed by atoms with Crippen LogP contribution >= 0.6 is 0 Å². The van der Waals surface area contributed by atoms with Crippen molar-refractivity contribution in [3.05, 3.63) is 0 Å². The molecule has 0 aromatic rings. The molecule has 0 aromatic heterocycles. The first-order valence-corrected chi connectivity index (χ1v) is 6.24. The van der Waals surface area contributed by atoms with Gasteiger partial charge in [0.05, 0.1) is 0 Å². The van der Waals surface area contributed by atoms with Gasteiger partial charge >= 0.3 is 5.97 Å².